The first-order chi connectivity index (χ1) is 7.13. The van der Waals surface area contributed by atoms with E-state index in [1.54, 1.807) is 24.2 Å². The molecule has 1 heterocycles. The first kappa shape index (κ1) is 11.2. The van der Waals surface area contributed by atoms with Crippen LogP contribution in [0.5, 0.6) is 0 Å². The predicted octanol–water partition coefficient (Wildman–Crippen LogP) is -0.170. The van der Waals surface area contributed by atoms with E-state index < -0.39 is 0 Å². The normalized spacial score (nSPS) is 9.73. The van der Waals surface area contributed by atoms with Gasteiger partial charge in [0, 0.05) is 19.8 Å². The second-order valence-electron chi connectivity index (χ2n) is 3.09. The molecule has 0 aliphatic rings. The van der Waals surface area contributed by atoms with Crippen molar-refractivity contribution in [3.63, 3.8) is 0 Å². The highest BCUT2D eigenvalue weighted by Crippen LogP contribution is 2.09. The van der Waals surface area contributed by atoms with Crippen molar-refractivity contribution < 1.29 is 4.79 Å². The summed E-state index contributed by atoms with van der Waals surface area (Å²) in [6.07, 6.45) is 1.64. The fraction of sp³-hybridized carbons (Fsp3) is 0.444. The van der Waals surface area contributed by atoms with Crippen molar-refractivity contribution in [2.45, 2.75) is 6.92 Å². The van der Waals surface area contributed by atoms with Crippen LogP contribution < -0.4 is 16.0 Å². The molecule has 1 amide bonds. The molecular weight excluding hydrogens is 194 g/mol. The van der Waals surface area contributed by atoms with E-state index in [-0.39, 0.29) is 12.5 Å². The molecule has 0 saturated heterocycles. The fourth-order valence-corrected chi connectivity index (χ4v) is 1.12. The van der Waals surface area contributed by atoms with E-state index in [0.29, 0.717) is 11.8 Å². The molecule has 0 aliphatic carbocycles. The summed E-state index contributed by atoms with van der Waals surface area (Å²) in [6, 6.07) is 1.73. The fourth-order valence-electron chi connectivity index (χ4n) is 1.12. The summed E-state index contributed by atoms with van der Waals surface area (Å²) in [5.74, 6) is 0.826. The zero-order chi connectivity index (χ0) is 11.3. The van der Waals surface area contributed by atoms with Gasteiger partial charge in [-0.05, 0) is 13.0 Å². The molecule has 6 heteroatoms. The maximum Gasteiger partial charge on any atom is 0.236 e. The Morgan fingerprint density at radius 3 is 3.00 bits per heavy atom. The quantitative estimate of drug-likeness (QED) is 0.703. The largest absolute Gasteiger partial charge is 0.368 e. The van der Waals surface area contributed by atoms with E-state index in [2.05, 4.69) is 15.3 Å². The van der Waals surface area contributed by atoms with Gasteiger partial charge in [0.25, 0.3) is 0 Å². The lowest BCUT2D eigenvalue weighted by molar-refractivity contribution is -0.116. The van der Waals surface area contributed by atoms with Crippen LogP contribution in [0, 0.1) is 0 Å². The standard InChI is InChI=1S/C9H15N5O/c1-3-11-9-12-5-4-8(13-9)14(2)6-7(10)15/h4-5H,3,6H2,1-2H3,(H2,10,15)(H,11,12,13). The minimum Gasteiger partial charge on any atom is -0.368 e. The topological polar surface area (TPSA) is 84.1 Å². The van der Waals surface area contributed by atoms with Gasteiger partial charge in [0.1, 0.15) is 5.82 Å². The highest BCUT2D eigenvalue weighted by Gasteiger charge is 2.06. The number of hydrogen-bond acceptors (Lipinski definition) is 5. The van der Waals surface area contributed by atoms with E-state index in [9.17, 15) is 4.79 Å². The number of hydrogen-bond donors (Lipinski definition) is 2. The Morgan fingerprint density at radius 2 is 2.40 bits per heavy atom. The Morgan fingerprint density at radius 1 is 1.67 bits per heavy atom. The SMILES string of the molecule is CCNc1nccc(N(C)CC(N)=O)n1. The maximum absolute atomic E-state index is 10.7. The molecule has 0 radical (unpaired) electrons. The van der Waals surface area contributed by atoms with Crippen LogP contribution in [0.1, 0.15) is 6.92 Å². The molecule has 15 heavy (non-hydrogen) atoms. The van der Waals surface area contributed by atoms with Crippen molar-refractivity contribution in [2.75, 3.05) is 30.4 Å². The lowest BCUT2D eigenvalue weighted by Crippen LogP contribution is -2.31. The van der Waals surface area contributed by atoms with Crippen molar-refractivity contribution in [3.8, 4) is 0 Å². The van der Waals surface area contributed by atoms with Crippen LogP contribution in [-0.2, 0) is 4.79 Å². The van der Waals surface area contributed by atoms with E-state index in [4.69, 9.17) is 5.73 Å². The summed E-state index contributed by atoms with van der Waals surface area (Å²) < 4.78 is 0. The number of amides is 1. The molecule has 0 aromatic carbocycles. The molecule has 0 saturated carbocycles. The monoisotopic (exact) mass is 209 g/mol. The third kappa shape index (κ3) is 3.41. The van der Waals surface area contributed by atoms with Crippen LogP contribution in [0.3, 0.4) is 0 Å². The van der Waals surface area contributed by atoms with E-state index in [1.165, 1.54) is 0 Å². The van der Waals surface area contributed by atoms with Gasteiger partial charge in [-0.2, -0.15) is 4.98 Å². The van der Waals surface area contributed by atoms with Crippen molar-refractivity contribution in [1.29, 1.82) is 0 Å². The number of carbonyl (C=O) groups excluding carboxylic acids is 1. The van der Waals surface area contributed by atoms with Gasteiger partial charge in [0.15, 0.2) is 0 Å². The van der Waals surface area contributed by atoms with Gasteiger partial charge in [-0.25, -0.2) is 4.98 Å². The molecule has 1 aromatic rings. The second-order valence-corrected chi connectivity index (χ2v) is 3.09. The van der Waals surface area contributed by atoms with Crippen LogP contribution in [0.2, 0.25) is 0 Å². The van der Waals surface area contributed by atoms with Crippen LogP contribution in [0.4, 0.5) is 11.8 Å². The molecule has 0 fully saturated rings. The Bertz CT molecular complexity index is 341. The number of primary amides is 1. The summed E-state index contributed by atoms with van der Waals surface area (Å²) in [7, 11) is 1.75. The van der Waals surface area contributed by atoms with Gasteiger partial charge in [-0.1, -0.05) is 0 Å². The number of nitrogens with one attached hydrogen (secondary N) is 1. The van der Waals surface area contributed by atoms with Gasteiger partial charge in [-0.15, -0.1) is 0 Å². The Balaban J connectivity index is 2.75. The minimum absolute atomic E-state index is 0.141. The lowest BCUT2D eigenvalue weighted by atomic mass is 10.5. The molecule has 0 atom stereocenters. The highest BCUT2D eigenvalue weighted by atomic mass is 16.1. The number of anilines is 2. The highest BCUT2D eigenvalue weighted by molar-refractivity contribution is 5.79. The average Bonchev–Trinajstić information content (AvgIpc) is 2.17. The summed E-state index contributed by atoms with van der Waals surface area (Å²) in [4.78, 5) is 20.6. The molecule has 82 valence electrons. The number of nitrogens with zero attached hydrogens (tertiary/aromatic N) is 3. The maximum atomic E-state index is 10.7. The molecule has 1 rings (SSSR count). The molecule has 0 unspecified atom stereocenters. The Hall–Kier alpha value is -1.85. The van der Waals surface area contributed by atoms with E-state index >= 15 is 0 Å². The van der Waals surface area contributed by atoms with E-state index in [0.717, 1.165) is 6.54 Å². The summed E-state index contributed by atoms with van der Waals surface area (Å²) >= 11 is 0. The number of carbonyl (C=O) groups is 1. The number of nitrogens with two attached hydrogens (primary N) is 1. The van der Waals surface area contributed by atoms with Gasteiger partial charge in [0.2, 0.25) is 11.9 Å². The zero-order valence-corrected chi connectivity index (χ0v) is 8.90. The van der Waals surface area contributed by atoms with Gasteiger partial charge in [0.05, 0.1) is 6.54 Å². The van der Waals surface area contributed by atoms with Crippen LogP contribution in [0.25, 0.3) is 0 Å². The molecule has 6 nitrogen and oxygen atoms in total. The Kier molecular flexibility index (Phi) is 3.84. The van der Waals surface area contributed by atoms with Gasteiger partial charge in [-0.3, -0.25) is 4.79 Å². The molecule has 3 N–H and O–H groups in total. The number of rotatable bonds is 5. The molecule has 1 aromatic heterocycles. The summed E-state index contributed by atoms with van der Waals surface area (Å²) in [6.45, 7) is 2.86. The predicted molar refractivity (Wildman–Crippen MR) is 58.7 cm³/mol. The van der Waals surface area contributed by atoms with Crippen LogP contribution in [-0.4, -0.2) is 36.0 Å². The molecular formula is C9H15N5O. The minimum atomic E-state index is -0.388. The third-order valence-corrected chi connectivity index (χ3v) is 1.76. The van der Waals surface area contributed by atoms with Gasteiger partial charge < -0.3 is 16.0 Å². The molecule has 0 aliphatic heterocycles. The van der Waals surface area contributed by atoms with Crippen molar-refractivity contribution in [2.24, 2.45) is 5.73 Å². The number of aromatic nitrogens is 2. The first-order valence-electron chi connectivity index (χ1n) is 4.70. The summed E-state index contributed by atoms with van der Waals surface area (Å²) in [5.41, 5.74) is 5.09. The van der Waals surface area contributed by atoms with Gasteiger partial charge >= 0.3 is 0 Å². The molecule has 0 spiro atoms. The Labute approximate surface area is 88.5 Å². The van der Waals surface area contributed by atoms with Crippen molar-refractivity contribution in [1.82, 2.24) is 9.97 Å². The van der Waals surface area contributed by atoms with Crippen LogP contribution >= 0.6 is 0 Å². The first-order valence-corrected chi connectivity index (χ1v) is 4.70. The smallest absolute Gasteiger partial charge is 0.236 e. The average molecular weight is 209 g/mol. The zero-order valence-electron chi connectivity index (χ0n) is 8.90. The molecule has 0 bridgehead atoms. The second kappa shape index (κ2) is 5.14. The number of likely N-dealkylation sites (N-methyl/N-ethyl adjacent to an activating group) is 1. The lowest BCUT2D eigenvalue weighted by Gasteiger charge is -2.16. The third-order valence-electron chi connectivity index (χ3n) is 1.76. The van der Waals surface area contributed by atoms with Crippen molar-refractivity contribution >= 4 is 17.7 Å². The van der Waals surface area contributed by atoms with E-state index in [1.807, 2.05) is 6.92 Å². The summed E-state index contributed by atoms with van der Waals surface area (Å²) in [5, 5.41) is 2.99. The van der Waals surface area contributed by atoms with Crippen molar-refractivity contribution in [3.05, 3.63) is 12.3 Å². The van der Waals surface area contributed by atoms with Crippen LogP contribution in [0.15, 0.2) is 12.3 Å².